The van der Waals surface area contributed by atoms with Crippen molar-refractivity contribution in [3.05, 3.63) is 34.5 Å². The predicted octanol–water partition coefficient (Wildman–Crippen LogP) is 0.718. The number of aliphatic carboxylic acids is 1. The van der Waals surface area contributed by atoms with Gasteiger partial charge in [-0.1, -0.05) is 0 Å². The van der Waals surface area contributed by atoms with Gasteiger partial charge in [0.1, 0.15) is 0 Å². The van der Waals surface area contributed by atoms with E-state index < -0.39 is 16.4 Å². The van der Waals surface area contributed by atoms with Crippen LogP contribution in [0.1, 0.15) is 6.42 Å². The Hall–Kier alpha value is -2.48. The second-order valence-corrected chi connectivity index (χ2v) is 4.96. The van der Waals surface area contributed by atoms with Crippen molar-refractivity contribution in [2.45, 2.75) is 12.0 Å². The molecule has 20 heavy (non-hydrogen) atoms. The Morgan fingerprint density at radius 2 is 2.30 bits per heavy atom. The first-order chi connectivity index (χ1) is 9.52. The fourth-order valence-electron chi connectivity index (χ4n) is 2.54. The molecule has 2 heterocycles. The van der Waals surface area contributed by atoms with Crippen molar-refractivity contribution >= 4 is 22.6 Å². The van der Waals surface area contributed by atoms with Crippen molar-refractivity contribution in [3.8, 4) is 0 Å². The van der Waals surface area contributed by atoms with Gasteiger partial charge < -0.3 is 10.4 Å². The molecule has 0 amide bonds. The molecule has 2 aromatic rings. The molecular weight excluding hydrogens is 264 g/mol. The Labute approximate surface area is 113 Å². The van der Waals surface area contributed by atoms with Gasteiger partial charge >= 0.3 is 5.97 Å². The van der Waals surface area contributed by atoms with Gasteiger partial charge in [0.15, 0.2) is 0 Å². The number of nitro benzene ring substituents is 1. The molecule has 0 radical (unpaired) electrons. The Morgan fingerprint density at radius 1 is 1.55 bits per heavy atom. The lowest BCUT2D eigenvalue weighted by atomic mass is 9.88. The number of nitro groups is 1. The van der Waals surface area contributed by atoms with Gasteiger partial charge in [-0.2, -0.15) is 5.10 Å². The maximum Gasteiger partial charge on any atom is 0.305 e. The minimum Gasteiger partial charge on any atom is -0.481 e. The topological polar surface area (TPSA) is 110 Å². The van der Waals surface area contributed by atoms with Crippen LogP contribution < -0.4 is 5.32 Å². The summed E-state index contributed by atoms with van der Waals surface area (Å²) in [4.78, 5) is 21.4. The summed E-state index contributed by atoms with van der Waals surface area (Å²) in [6.45, 7) is 0.970. The number of carbonyl (C=O) groups is 1. The molecule has 2 N–H and O–H groups in total. The number of fused-ring (bicyclic) bond motifs is 1. The first-order valence-electron chi connectivity index (χ1n) is 6.07. The van der Waals surface area contributed by atoms with E-state index in [-0.39, 0.29) is 12.1 Å². The van der Waals surface area contributed by atoms with Crippen LogP contribution in [0.4, 0.5) is 5.69 Å². The fourth-order valence-corrected chi connectivity index (χ4v) is 2.54. The zero-order chi connectivity index (χ0) is 14.3. The Kier molecular flexibility index (Phi) is 2.68. The number of rotatable bonds is 4. The van der Waals surface area contributed by atoms with E-state index >= 15 is 0 Å². The molecule has 0 unspecified atom stereocenters. The van der Waals surface area contributed by atoms with Crippen molar-refractivity contribution in [2.75, 3.05) is 13.1 Å². The number of nitrogens with one attached hydrogen (secondary N) is 1. The van der Waals surface area contributed by atoms with Crippen LogP contribution in [-0.2, 0) is 10.3 Å². The molecule has 0 bridgehead atoms. The monoisotopic (exact) mass is 276 g/mol. The number of carboxylic acid groups (broad SMARTS) is 1. The fraction of sp³-hybridized carbons (Fsp3) is 0.333. The van der Waals surface area contributed by atoms with Crippen LogP contribution in [-0.4, -0.2) is 38.9 Å². The minimum absolute atomic E-state index is 0.0305. The Balaban J connectivity index is 2.13. The highest BCUT2D eigenvalue weighted by Crippen LogP contribution is 2.31. The van der Waals surface area contributed by atoms with Gasteiger partial charge in [-0.25, -0.2) is 0 Å². The van der Waals surface area contributed by atoms with Crippen LogP contribution in [0.15, 0.2) is 24.4 Å². The number of non-ortho nitro benzene ring substituents is 1. The Morgan fingerprint density at radius 3 is 2.85 bits per heavy atom. The summed E-state index contributed by atoms with van der Waals surface area (Å²) < 4.78 is 1.60. The highest BCUT2D eigenvalue weighted by Gasteiger charge is 2.42. The van der Waals surface area contributed by atoms with E-state index in [1.54, 1.807) is 16.9 Å². The molecule has 8 nitrogen and oxygen atoms in total. The largest absolute Gasteiger partial charge is 0.481 e. The molecule has 1 aliphatic heterocycles. The molecular formula is C12H12N4O4. The lowest BCUT2D eigenvalue weighted by molar-refractivity contribution is -0.384. The van der Waals surface area contributed by atoms with Gasteiger partial charge in [0, 0.05) is 30.6 Å². The average molecular weight is 276 g/mol. The number of hydrogen-bond donors (Lipinski definition) is 2. The standard InChI is InChI=1S/C12H12N4O4/c17-11(18)4-12(6-13-7-12)15-10-3-9(16(19)20)2-1-8(10)5-14-15/h1-3,5,13H,4,6-7H2,(H,17,18). The molecule has 0 aliphatic carbocycles. The summed E-state index contributed by atoms with van der Waals surface area (Å²) in [5, 5.41) is 27.9. The highest BCUT2D eigenvalue weighted by atomic mass is 16.6. The van der Waals surface area contributed by atoms with Crippen molar-refractivity contribution in [1.29, 1.82) is 0 Å². The molecule has 1 aliphatic rings. The lowest BCUT2D eigenvalue weighted by Crippen LogP contribution is -2.61. The van der Waals surface area contributed by atoms with Crippen LogP contribution in [0.3, 0.4) is 0 Å². The third kappa shape index (κ3) is 1.81. The molecule has 0 atom stereocenters. The van der Waals surface area contributed by atoms with E-state index in [1.165, 1.54) is 12.1 Å². The zero-order valence-corrected chi connectivity index (χ0v) is 10.4. The number of nitrogens with zero attached hydrogens (tertiary/aromatic N) is 3. The molecule has 104 valence electrons. The number of aromatic nitrogens is 2. The molecule has 1 aromatic carbocycles. The van der Waals surface area contributed by atoms with E-state index in [0.717, 1.165) is 5.39 Å². The summed E-state index contributed by atoms with van der Waals surface area (Å²) in [5.41, 5.74) is -0.0954. The molecule has 1 saturated heterocycles. The van der Waals surface area contributed by atoms with Crippen molar-refractivity contribution in [2.24, 2.45) is 0 Å². The molecule has 3 rings (SSSR count). The SMILES string of the molecule is O=C(O)CC1(n2ncc3ccc([N+](=O)[O-])cc32)CNC1. The van der Waals surface area contributed by atoms with E-state index in [1.807, 2.05) is 0 Å². The van der Waals surface area contributed by atoms with Gasteiger partial charge in [-0.15, -0.1) is 0 Å². The molecule has 0 saturated carbocycles. The van der Waals surface area contributed by atoms with Gasteiger partial charge in [0.2, 0.25) is 0 Å². The third-order valence-electron chi connectivity index (χ3n) is 3.60. The van der Waals surface area contributed by atoms with Crippen LogP contribution in [0, 0.1) is 10.1 Å². The molecule has 1 aromatic heterocycles. The number of hydrogen-bond acceptors (Lipinski definition) is 5. The second-order valence-electron chi connectivity index (χ2n) is 4.96. The van der Waals surface area contributed by atoms with Gasteiger partial charge in [-0.05, 0) is 6.07 Å². The maximum atomic E-state index is 11.0. The zero-order valence-electron chi connectivity index (χ0n) is 10.4. The summed E-state index contributed by atoms with van der Waals surface area (Å²) in [7, 11) is 0. The first-order valence-corrected chi connectivity index (χ1v) is 6.07. The summed E-state index contributed by atoms with van der Waals surface area (Å²) in [6.07, 6.45) is 1.53. The van der Waals surface area contributed by atoms with Crippen molar-refractivity contribution in [1.82, 2.24) is 15.1 Å². The van der Waals surface area contributed by atoms with Crippen molar-refractivity contribution in [3.63, 3.8) is 0 Å². The predicted molar refractivity (Wildman–Crippen MR) is 69.5 cm³/mol. The van der Waals surface area contributed by atoms with E-state index in [2.05, 4.69) is 10.4 Å². The summed E-state index contributed by atoms with van der Waals surface area (Å²) in [6, 6.07) is 4.47. The molecule has 8 heteroatoms. The molecule has 0 spiro atoms. The number of benzene rings is 1. The van der Waals surface area contributed by atoms with Crippen LogP contribution in [0.2, 0.25) is 0 Å². The van der Waals surface area contributed by atoms with E-state index in [9.17, 15) is 14.9 Å². The van der Waals surface area contributed by atoms with Gasteiger partial charge in [0.05, 0.1) is 28.6 Å². The van der Waals surface area contributed by atoms with Gasteiger partial charge in [0.25, 0.3) is 5.69 Å². The highest BCUT2D eigenvalue weighted by molar-refractivity contribution is 5.81. The van der Waals surface area contributed by atoms with Gasteiger partial charge in [-0.3, -0.25) is 19.6 Å². The third-order valence-corrected chi connectivity index (χ3v) is 3.60. The van der Waals surface area contributed by atoms with Crippen molar-refractivity contribution < 1.29 is 14.8 Å². The second kappa shape index (κ2) is 4.27. The molecule has 1 fully saturated rings. The summed E-state index contributed by atoms with van der Waals surface area (Å²) in [5.74, 6) is -0.916. The Bertz CT molecular complexity index is 705. The average Bonchev–Trinajstić information content (AvgIpc) is 2.76. The van der Waals surface area contributed by atoms with Crippen LogP contribution in [0.5, 0.6) is 0 Å². The summed E-state index contributed by atoms with van der Waals surface area (Å²) >= 11 is 0. The van der Waals surface area contributed by atoms with E-state index in [0.29, 0.717) is 18.6 Å². The quantitative estimate of drug-likeness (QED) is 0.628. The first kappa shape index (κ1) is 12.5. The number of carboxylic acids is 1. The van der Waals surface area contributed by atoms with E-state index in [4.69, 9.17) is 5.11 Å². The van der Waals surface area contributed by atoms with Crippen LogP contribution in [0.25, 0.3) is 10.9 Å². The normalized spacial score (nSPS) is 16.8. The maximum absolute atomic E-state index is 11.0. The minimum atomic E-state index is -0.916. The smallest absolute Gasteiger partial charge is 0.305 e. The van der Waals surface area contributed by atoms with Crippen LogP contribution >= 0.6 is 0 Å². The lowest BCUT2D eigenvalue weighted by Gasteiger charge is -2.42.